The number of hydrogen-bond donors (Lipinski definition) is 1. The molecule has 1 N–H and O–H groups in total. The molecule has 0 saturated carbocycles. The minimum absolute atomic E-state index is 0.0754. The Kier molecular flexibility index (Phi) is 5.96. The maximum atomic E-state index is 5.44. The molecule has 0 saturated heterocycles. The number of nitrogens with one attached hydrogen (secondary N) is 1. The molecule has 222 valence electrons. The summed E-state index contributed by atoms with van der Waals surface area (Å²) in [5.74, 6) is 1.59. The van der Waals surface area contributed by atoms with Gasteiger partial charge in [0.05, 0.1) is 11.0 Å². The first-order valence-corrected chi connectivity index (χ1v) is 16.6. The average molecular weight is 613 g/mol. The summed E-state index contributed by atoms with van der Waals surface area (Å²) in [6.45, 7) is 4.44. The van der Waals surface area contributed by atoms with Crippen LogP contribution in [0.5, 0.6) is 0 Å². The van der Waals surface area contributed by atoms with Crippen molar-refractivity contribution in [3.05, 3.63) is 156 Å². The Labute approximate surface area is 271 Å². The molecule has 0 bridgehead atoms. The maximum absolute atomic E-state index is 5.44. The summed E-state index contributed by atoms with van der Waals surface area (Å²) in [7, 11) is 0. The predicted octanol–water partition coefficient (Wildman–Crippen LogP) is 10.1. The zero-order valence-corrected chi connectivity index (χ0v) is 26.6. The Morgan fingerprint density at radius 1 is 0.674 bits per heavy atom. The van der Waals surface area contributed by atoms with Crippen molar-refractivity contribution in [3.8, 4) is 0 Å². The quantitative estimate of drug-likeness (QED) is 0.212. The van der Waals surface area contributed by atoms with E-state index in [2.05, 4.69) is 157 Å². The van der Waals surface area contributed by atoms with Crippen molar-refractivity contribution in [2.75, 3.05) is 0 Å². The van der Waals surface area contributed by atoms with Gasteiger partial charge in [-0.15, -0.1) is 11.3 Å². The molecule has 4 nitrogen and oxygen atoms in total. The van der Waals surface area contributed by atoms with Crippen LogP contribution in [0.15, 0.2) is 150 Å². The van der Waals surface area contributed by atoms with Gasteiger partial charge in [0.15, 0.2) is 5.66 Å². The van der Waals surface area contributed by atoms with Crippen molar-refractivity contribution < 1.29 is 0 Å². The van der Waals surface area contributed by atoms with Gasteiger partial charge in [-0.05, 0) is 43.2 Å². The Balaban J connectivity index is 1.30. The Bertz CT molecular complexity index is 2460. The summed E-state index contributed by atoms with van der Waals surface area (Å²) in [6, 6.07) is 41.2. The first-order chi connectivity index (χ1) is 22.5. The third-order valence-electron chi connectivity index (χ3n) is 9.66. The molecule has 3 heterocycles. The number of benzene rings is 5. The molecule has 2 aliphatic rings. The zero-order chi connectivity index (χ0) is 30.9. The minimum Gasteiger partial charge on any atom is -0.310 e. The van der Waals surface area contributed by atoms with Crippen LogP contribution in [-0.2, 0) is 11.1 Å². The lowest BCUT2D eigenvalue weighted by molar-refractivity contribution is 0.515. The summed E-state index contributed by atoms with van der Waals surface area (Å²) in [6.07, 6.45) is 9.85. The number of aliphatic imine (C=N–C) groups is 2. The fourth-order valence-electron chi connectivity index (χ4n) is 7.16. The highest BCUT2D eigenvalue weighted by Gasteiger charge is 2.33. The largest absolute Gasteiger partial charge is 0.310 e. The number of rotatable bonds is 3. The minimum atomic E-state index is -0.839. The van der Waals surface area contributed by atoms with E-state index in [1.165, 1.54) is 36.5 Å². The first kappa shape index (κ1) is 27.1. The molecule has 7 aromatic rings. The van der Waals surface area contributed by atoms with Gasteiger partial charge in [-0.3, -0.25) is 4.57 Å². The molecule has 2 atom stereocenters. The van der Waals surface area contributed by atoms with E-state index < -0.39 is 5.66 Å². The van der Waals surface area contributed by atoms with E-state index in [9.17, 15) is 0 Å². The van der Waals surface area contributed by atoms with Crippen LogP contribution >= 0.6 is 11.3 Å². The van der Waals surface area contributed by atoms with Crippen LogP contribution < -0.4 is 5.32 Å². The smallest absolute Gasteiger partial charge is 0.211 e. The number of fused-ring (bicyclic) bond motifs is 6. The third-order valence-corrected chi connectivity index (χ3v) is 10.9. The molecular weight excluding hydrogens is 581 g/mol. The molecule has 1 aliphatic heterocycles. The molecule has 5 heteroatoms. The molecule has 0 spiro atoms. The summed E-state index contributed by atoms with van der Waals surface area (Å²) >= 11 is 1.82. The lowest BCUT2D eigenvalue weighted by Crippen LogP contribution is -2.43. The second-order valence-electron chi connectivity index (χ2n) is 12.7. The van der Waals surface area contributed by atoms with E-state index in [-0.39, 0.29) is 5.41 Å². The van der Waals surface area contributed by atoms with Gasteiger partial charge in [-0.1, -0.05) is 122 Å². The van der Waals surface area contributed by atoms with Crippen LogP contribution in [0, 0.1) is 0 Å². The third kappa shape index (κ3) is 4.12. The number of allylic oxidation sites excluding steroid dienone is 4. The average Bonchev–Trinajstić information content (AvgIpc) is 3.64. The summed E-state index contributed by atoms with van der Waals surface area (Å²) in [4.78, 5) is 10.8. The molecule has 9 rings (SSSR count). The van der Waals surface area contributed by atoms with Crippen LogP contribution in [0.4, 0.5) is 0 Å². The van der Waals surface area contributed by atoms with E-state index in [1.807, 2.05) is 17.4 Å². The van der Waals surface area contributed by atoms with Crippen LogP contribution in [0.3, 0.4) is 0 Å². The summed E-state index contributed by atoms with van der Waals surface area (Å²) < 4.78 is 4.80. The van der Waals surface area contributed by atoms with Gasteiger partial charge >= 0.3 is 0 Å². The van der Waals surface area contributed by atoms with E-state index >= 15 is 0 Å². The van der Waals surface area contributed by atoms with Crippen molar-refractivity contribution in [3.63, 3.8) is 0 Å². The molecule has 46 heavy (non-hydrogen) atoms. The van der Waals surface area contributed by atoms with Gasteiger partial charge in [0, 0.05) is 47.5 Å². The zero-order valence-electron chi connectivity index (χ0n) is 25.7. The number of aromatic nitrogens is 1. The Morgan fingerprint density at radius 3 is 2.28 bits per heavy atom. The summed E-state index contributed by atoms with van der Waals surface area (Å²) in [5, 5.41) is 8.70. The number of amidine groups is 1. The van der Waals surface area contributed by atoms with Gasteiger partial charge < -0.3 is 5.32 Å². The predicted molar refractivity (Wildman–Crippen MR) is 195 cm³/mol. The van der Waals surface area contributed by atoms with Crippen LogP contribution in [0.25, 0.3) is 42.0 Å². The van der Waals surface area contributed by atoms with Crippen LogP contribution in [0.2, 0.25) is 0 Å². The SMILES string of the molecule is CC1(c2ccc3c4ccccc4n(C4=NC(C)(c5ccccc5)N=C(c5cccc6c5sc5ccccc56)N4)c3c2)C=CC=CC1. The molecule has 1 aliphatic carbocycles. The molecular formula is C41H32N4S. The van der Waals surface area contributed by atoms with Crippen molar-refractivity contribution in [2.24, 2.45) is 9.98 Å². The second kappa shape index (κ2) is 10.1. The van der Waals surface area contributed by atoms with Crippen molar-refractivity contribution >= 4 is 65.1 Å². The van der Waals surface area contributed by atoms with Gasteiger partial charge in [-0.2, -0.15) is 0 Å². The molecule has 2 aromatic heterocycles. The fraction of sp³-hybridized carbons (Fsp3) is 0.122. The van der Waals surface area contributed by atoms with E-state index in [1.54, 1.807) is 0 Å². The number of thiophene rings is 1. The Morgan fingerprint density at radius 2 is 1.43 bits per heavy atom. The van der Waals surface area contributed by atoms with Crippen molar-refractivity contribution in [2.45, 2.75) is 31.3 Å². The highest BCUT2D eigenvalue weighted by molar-refractivity contribution is 7.26. The summed E-state index contributed by atoms with van der Waals surface area (Å²) in [5.41, 5.74) is 4.75. The lowest BCUT2D eigenvalue weighted by Gasteiger charge is -2.31. The topological polar surface area (TPSA) is 41.7 Å². The van der Waals surface area contributed by atoms with Crippen molar-refractivity contribution in [1.29, 1.82) is 0 Å². The molecule has 5 aromatic carbocycles. The Hall–Kier alpha value is -5.26. The normalized spacial score (nSPS) is 21.2. The van der Waals surface area contributed by atoms with Crippen LogP contribution in [-0.4, -0.2) is 16.4 Å². The molecule has 0 fully saturated rings. The van der Waals surface area contributed by atoms with Gasteiger partial charge in [0.1, 0.15) is 5.84 Å². The van der Waals surface area contributed by atoms with E-state index in [4.69, 9.17) is 9.98 Å². The fourth-order valence-corrected chi connectivity index (χ4v) is 8.37. The molecule has 0 amide bonds. The molecule has 2 unspecified atom stereocenters. The van der Waals surface area contributed by atoms with Gasteiger partial charge in [0.25, 0.3) is 0 Å². The number of nitrogens with zero attached hydrogens (tertiary/aromatic N) is 3. The second-order valence-corrected chi connectivity index (χ2v) is 13.7. The molecule has 0 radical (unpaired) electrons. The standard InChI is InChI=1S/C41H32N4S/c1-40(24-11-4-12-25-40)28-22-23-30-29-16-7-9-20-34(29)45(35(30)26-28)39-42-38(43-41(2,44-39)27-14-5-3-6-15-27)33-19-13-18-32-31-17-8-10-21-36(31)46-37(32)33/h3-24,26H,25H2,1-2H3,(H,42,43,44). The number of para-hydroxylation sites is 1. The van der Waals surface area contributed by atoms with Crippen molar-refractivity contribution in [1.82, 2.24) is 9.88 Å². The number of hydrogen-bond acceptors (Lipinski definition) is 4. The highest BCUT2D eigenvalue weighted by atomic mass is 32.1. The highest BCUT2D eigenvalue weighted by Crippen LogP contribution is 2.40. The van der Waals surface area contributed by atoms with E-state index in [0.717, 1.165) is 40.4 Å². The van der Waals surface area contributed by atoms with E-state index in [0.29, 0.717) is 0 Å². The maximum Gasteiger partial charge on any atom is 0.211 e. The monoisotopic (exact) mass is 612 g/mol. The van der Waals surface area contributed by atoms with Gasteiger partial charge in [0.2, 0.25) is 5.96 Å². The lowest BCUT2D eigenvalue weighted by atomic mass is 9.77. The first-order valence-electron chi connectivity index (χ1n) is 15.8. The van der Waals surface area contributed by atoms with Crippen LogP contribution in [0.1, 0.15) is 37.0 Å². The van der Waals surface area contributed by atoms with Gasteiger partial charge in [-0.25, -0.2) is 9.98 Å².